The lowest BCUT2D eigenvalue weighted by Crippen LogP contribution is -2.42. The smallest absolute Gasteiger partial charge is 0.326 e. The molecule has 0 aliphatic heterocycles. The summed E-state index contributed by atoms with van der Waals surface area (Å²) in [4.78, 5) is 21.7. The Kier molecular flexibility index (Phi) is 6.11. The SMILES string of the molecule is CC(C)C[C@H](NC(=O)/C=N/Br)C(=O)O. The van der Waals surface area contributed by atoms with Crippen LogP contribution in [0.15, 0.2) is 4.02 Å². The van der Waals surface area contributed by atoms with Crippen LogP contribution in [0.2, 0.25) is 0 Å². The molecule has 80 valence electrons. The molecule has 2 N–H and O–H groups in total. The molecule has 6 heteroatoms. The highest BCUT2D eigenvalue weighted by molar-refractivity contribution is 9.08. The highest BCUT2D eigenvalue weighted by atomic mass is 79.9. The summed E-state index contributed by atoms with van der Waals surface area (Å²) in [5.74, 6) is -1.35. The van der Waals surface area contributed by atoms with Crippen molar-refractivity contribution in [3.8, 4) is 0 Å². The predicted molar refractivity (Wildman–Crippen MR) is 56.4 cm³/mol. The molecule has 5 nitrogen and oxygen atoms in total. The summed E-state index contributed by atoms with van der Waals surface area (Å²) in [6.45, 7) is 3.78. The Labute approximate surface area is 90.9 Å². The van der Waals surface area contributed by atoms with E-state index in [4.69, 9.17) is 5.11 Å². The number of carboxylic acids is 1. The molecule has 0 fully saturated rings. The van der Waals surface area contributed by atoms with Gasteiger partial charge in [-0.25, -0.2) is 8.81 Å². The van der Waals surface area contributed by atoms with Gasteiger partial charge in [-0.1, -0.05) is 13.8 Å². The second kappa shape index (κ2) is 6.53. The first-order valence-corrected chi connectivity index (χ1v) is 4.86. The van der Waals surface area contributed by atoms with Crippen LogP contribution < -0.4 is 5.32 Å². The highest BCUT2D eigenvalue weighted by Gasteiger charge is 2.19. The minimum Gasteiger partial charge on any atom is -0.480 e. The fourth-order valence-electron chi connectivity index (χ4n) is 0.946. The quantitative estimate of drug-likeness (QED) is 0.727. The lowest BCUT2D eigenvalue weighted by atomic mass is 10.0. The Hall–Kier alpha value is -0.910. The van der Waals surface area contributed by atoms with Crippen molar-refractivity contribution in [2.45, 2.75) is 26.3 Å². The Morgan fingerprint density at radius 3 is 2.50 bits per heavy atom. The third-order valence-corrected chi connectivity index (χ3v) is 1.69. The molecule has 0 bridgehead atoms. The molecule has 0 aromatic rings. The van der Waals surface area contributed by atoms with E-state index in [1.54, 1.807) is 0 Å². The van der Waals surface area contributed by atoms with Gasteiger partial charge in [0.25, 0.3) is 5.91 Å². The second-order valence-corrected chi connectivity index (χ2v) is 3.67. The van der Waals surface area contributed by atoms with Crippen molar-refractivity contribution in [1.82, 2.24) is 5.32 Å². The minimum absolute atomic E-state index is 0.206. The molecule has 0 heterocycles. The predicted octanol–water partition coefficient (Wildman–Crippen LogP) is 0.983. The van der Waals surface area contributed by atoms with Crippen molar-refractivity contribution in [3.63, 3.8) is 0 Å². The zero-order valence-electron chi connectivity index (χ0n) is 8.03. The molecular formula is C8H13BrN2O3. The maximum absolute atomic E-state index is 11.0. The molecular weight excluding hydrogens is 252 g/mol. The molecule has 0 aliphatic rings. The van der Waals surface area contributed by atoms with Crippen LogP contribution in [-0.2, 0) is 9.59 Å². The normalized spacial score (nSPS) is 13.1. The van der Waals surface area contributed by atoms with Crippen molar-refractivity contribution in [1.29, 1.82) is 0 Å². The number of aliphatic carboxylic acids is 1. The molecule has 0 aliphatic carbocycles. The number of rotatable bonds is 5. The van der Waals surface area contributed by atoms with Crippen LogP contribution in [0.1, 0.15) is 20.3 Å². The van der Waals surface area contributed by atoms with Gasteiger partial charge in [-0.15, -0.1) is 0 Å². The van der Waals surface area contributed by atoms with Crippen LogP contribution in [0.25, 0.3) is 0 Å². The number of amides is 1. The van der Waals surface area contributed by atoms with E-state index in [2.05, 4.69) is 25.5 Å². The average Bonchev–Trinajstić information content (AvgIpc) is 2.02. The largest absolute Gasteiger partial charge is 0.480 e. The molecule has 0 aromatic carbocycles. The number of nitrogens with zero attached hydrogens (tertiary/aromatic N) is 1. The highest BCUT2D eigenvalue weighted by Crippen LogP contribution is 2.04. The fraction of sp³-hybridized carbons (Fsp3) is 0.625. The van der Waals surface area contributed by atoms with Crippen LogP contribution in [0.5, 0.6) is 0 Å². The molecule has 0 radical (unpaired) electrons. The van der Waals surface area contributed by atoms with Gasteiger partial charge < -0.3 is 10.4 Å². The van der Waals surface area contributed by atoms with E-state index in [9.17, 15) is 9.59 Å². The second-order valence-electron chi connectivity index (χ2n) is 3.26. The first-order chi connectivity index (χ1) is 6.47. The van der Waals surface area contributed by atoms with Crippen molar-refractivity contribution in [2.24, 2.45) is 9.94 Å². The summed E-state index contributed by atoms with van der Waals surface area (Å²) >= 11 is 2.69. The molecule has 0 rings (SSSR count). The number of carbonyl (C=O) groups is 2. The molecule has 0 saturated carbocycles. The molecule has 0 spiro atoms. The van der Waals surface area contributed by atoms with Crippen LogP contribution >= 0.6 is 16.1 Å². The van der Waals surface area contributed by atoms with Gasteiger partial charge in [0.05, 0.1) is 16.1 Å². The van der Waals surface area contributed by atoms with Gasteiger partial charge in [0.2, 0.25) is 0 Å². The molecule has 0 unspecified atom stereocenters. The molecule has 0 saturated heterocycles. The van der Waals surface area contributed by atoms with E-state index < -0.39 is 17.9 Å². The standard InChI is InChI=1S/C8H13BrN2O3/c1-5(2)3-6(8(13)14)11-7(12)4-10-9/h4-6H,3H2,1-2H3,(H,11,12)(H,13,14)/b10-4+/t6-/m0/s1. The van der Waals surface area contributed by atoms with Crippen molar-refractivity contribution >= 4 is 34.2 Å². The van der Waals surface area contributed by atoms with Crippen molar-refractivity contribution < 1.29 is 14.7 Å². The van der Waals surface area contributed by atoms with Gasteiger partial charge in [-0.05, 0) is 12.3 Å². The van der Waals surface area contributed by atoms with Crippen LogP contribution in [0.3, 0.4) is 0 Å². The van der Waals surface area contributed by atoms with E-state index >= 15 is 0 Å². The Balaban J connectivity index is 4.23. The summed E-state index contributed by atoms with van der Waals surface area (Å²) in [6, 6.07) is -0.854. The van der Waals surface area contributed by atoms with Crippen molar-refractivity contribution in [3.05, 3.63) is 0 Å². The molecule has 1 amide bonds. The topological polar surface area (TPSA) is 78.8 Å². The number of carbonyl (C=O) groups excluding carboxylic acids is 1. The lowest BCUT2D eigenvalue weighted by molar-refractivity contribution is -0.141. The van der Waals surface area contributed by atoms with Gasteiger partial charge in [-0.3, -0.25) is 4.79 Å². The number of hydrogen-bond donors (Lipinski definition) is 2. The summed E-state index contributed by atoms with van der Waals surface area (Å²) in [6.07, 6.45) is 1.38. The first-order valence-electron chi connectivity index (χ1n) is 4.15. The van der Waals surface area contributed by atoms with Crippen molar-refractivity contribution in [2.75, 3.05) is 0 Å². The monoisotopic (exact) mass is 264 g/mol. The number of hydrogen-bond acceptors (Lipinski definition) is 3. The van der Waals surface area contributed by atoms with Gasteiger partial charge in [0.15, 0.2) is 0 Å². The number of carboxylic acid groups (broad SMARTS) is 1. The molecule has 0 aromatic heterocycles. The zero-order chi connectivity index (χ0) is 11.1. The first kappa shape index (κ1) is 13.1. The van der Waals surface area contributed by atoms with E-state index in [1.165, 1.54) is 0 Å². The van der Waals surface area contributed by atoms with Crippen LogP contribution in [0.4, 0.5) is 0 Å². The minimum atomic E-state index is -1.03. The fourth-order valence-corrected chi connectivity index (χ4v) is 1.13. The van der Waals surface area contributed by atoms with Gasteiger partial charge >= 0.3 is 5.97 Å². The summed E-state index contributed by atoms with van der Waals surface area (Å²) in [5.41, 5.74) is 0. The zero-order valence-corrected chi connectivity index (χ0v) is 9.61. The van der Waals surface area contributed by atoms with Gasteiger partial charge in [-0.2, -0.15) is 0 Å². The maximum Gasteiger partial charge on any atom is 0.326 e. The number of halogens is 1. The number of nitrogens with one attached hydrogen (secondary N) is 1. The Bertz CT molecular complexity index is 241. The Morgan fingerprint density at radius 1 is 1.57 bits per heavy atom. The van der Waals surface area contributed by atoms with E-state index in [1.807, 2.05) is 13.8 Å². The molecule has 14 heavy (non-hydrogen) atoms. The van der Waals surface area contributed by atoms with Crippen LogP contribution in [-0.4, -0.2) is 29.2 Å². The van der Waals surface area contributed by atoms with Gasteiger partial charge in [0.1, 0.15) is 12.3 Å². The average molecular weight is 265 g/mol. The van der Waals surface area contributed by atoms with E-state index in [0.29, 0.717) is 6.42 Å². The van der Waals surface area contributed by atoms with E-state index in [-0.39, 0.29) is 5.92 Å². The molecule has 1 atom stereocenters. The summed E-state index contributed by atoms with van der Waals surface area (Å²) < 4.78 is 3.31. The van der Waals surface area contributed by atoms with E-state index in [0.717, 1.165) is 6.21 Å². The maximum atomic E-state index is 11.0. The van der Waals surface area contributed by atoms with Gasteiger partial charge in [0, 0.05) is 0 Å². The third-order valence-electron chi connectivity index (χ3n) is 1.49. The third kappa shape index (κ3) is 5.69. The summed E-state index contributed by atoms with van der Waals surface area (Å²) in [5, 5.41) is 11.1. The lowest BCUT2D eigenvalue weighted by Gasteiger charge is -2.14. The Morgan fingerprint density at radius 2 is 2.14 bits per heavy atom. The summed E-state index contributed by atoms with van der Waals surface area (Å²) in [7, 11) is 0. The van der Waals surface area contributed by atoms with Crippen LogP contribution in [0, 0.1) is 5.92 Å².